The quantitative estimate of drug-likeness (QED) is 0.589. The minimum Gasteiger partial charge on any atom is -0.493 e. The predicted molar refractivity (Wildman–Crippen MR) is 118 cm³/mol. The van der Waals surface area contributed by atoms with Crippen molar-refractivity contribution >= 4 is 7.82 Å². The summed E-state index contributed by atoms with van der Waals surface area (Å²) >= 11 is 0. The largest absolute Gasteiger partial charge is 0.529 e. The van der Waals surface area contributed by atoms with Gasteiger partial charge in [0.15, 0.2) is 11.5 Å². The number of phosphoric acid groups is 1. The van der Waals surface area contributed by atoms with Crippen molar-refractivity contribution < 1.29 is 29.0 Å². The predicted octanol–water partition coefficient (Wildman–Crippen LogP) is 5.28. The van der Waals surface area contributed by atoms with Crippen LogP contribution in [-0.2, 0) is 18.1 Å². The van der Waals surface area contributed by atoms with Crippen LogP contribution in [0.3, 0.4) is 0 Å². The van der Waals surface area contributed by atoms with Gasteiger partial charge in [0.25, 0.3) is 0 Å². The minimum absolute atomic E-state index is 0. The number of nitrogens with zero attached hydrogens (tertiary/aromatic N) is 1. The fourth-order valence-electron chi connectivity index (χ4n) is 4.06. The van der Waals surface area contributed by atoms with Gasteiger partial charge in [-0.2, -0.15) is 0 Å². The van der Waals surface area contributed by atoms with E-state index in [4.69, 9.17) is 23.0 Å². The Kier molecular flexibility index (Phi) is 8.63. The SMILES string of the molecule is CN1CCC2CCC(OP3(=O)OCCCCCO3)=CC21.COc1ccccc1OC.[HH]. The van der Waals surface area contributed by atoms with Crippen LogP contribution in [0.15, 0.2) is 36.1 Å². The molecule has 4 rings (SSSR count). The molecule has 2 fully saturated rings. The summed E-state index contributed by atoms with van der Waals surface area (Å²) in [5.74, 6) is 3.03. The maximum absolute atomic E-state index is 12.5. The number of allylic oxidation sites excluding steroid dienone is 1. The molecule has 0 amide bonds. The van der Waals surface area contributed by atoms with Crippen LogP contribution in [-0.4, -0.2) is 52.0 Å². The monoisotopic (exact) mass is 441 g/mol. The average Bonchev–Trinajstić information content (AvgIpc) is 3.12. The number of likely N-dealkylation sites (N-methyl/N-ethyl adjacent to an activating group) is 1. The van der Waals surface area contributed by atoms with Gasteiger partial charge in [0.05, 0.1) is 27.4 Å². The average molecular weight is 442 g/mol. The third kappa shape index (κ3) is 6.24. The van der Waals surface area contributed by atoms with Gasteiger partial charge in [-0.3, -0.25) is 13.9 Å². The normalized spacial score (nSPS) is 26.2. The van der Waals surface area contributed by atoms with Gasteiger partial charge in [-0.1, -0.05) is 12.1 Å². The first kappa shape index (κ1) is 23.1. The summed E-state index contributed by atoms with van der Waals surface area (Å²) in [5.41, 5.74) is 0. The second kappa shape index (κ2) is 11.2. The molecule has 0 saturated carbocycles. The van der Waals surface area contributed by atoms with Crippen molar-refractivity contribution in [3.8, 4) is 11.5 Å². The van der Waals surface area contributed by atoms with Crippen molar-refractivity contribution in [2.45, 2.75) is 44.6 Å². The molecule has 8 heteroatoms. The zero-order chi connectivity index (χ0) is 21.4. The summed E-state index contributed by atoms with van der Waals surface area (Å²) in [6, 6.07) is 7.94. The molecule has 0 N–H and O–H groups in total. The topological polar surface area (TPSA) is 66.5 Å². The van der Waals surface area contributed by atoms with Gasteiger partial charge in [-0.25, -0.2) is 4.57 Å². The van der Waals surface area contributed by atoms with Gasteiger partial charge >= 0.3 is 7.82 Å². The first-order valence-corrected chi connectivity index (χ1v) is 12.2. The van der Waals surface area contributed by atoms with E-state index in [0.29, 0.717) is 25.2 Å². The van der Waals surface area contributed by atoms with Crippen molar-refractivity contribution in [3.05, 3.63) is 36.1 Å². The standard InChI is InChI=1S/C14H24NO4P.C8H10O2.H2/c1-15-8-7-12-5-6-13(11-14(12)15)19-20(16)17-9-3-2-4-10-18-20;1-9-7-5-3-4-6-8(7)10-2;/h11-12,14H,2-10H2,1H3;3-6H,1-2H3;1H. The lowest BCUT2D eigenvalue weighted by atomic mass is 9.89. The number of hydrogen-bond acceptors (Lipinski definition) is 7. The summed E-state index contributed by atoms with van der Waals surface area (Å²) in [6.07, 6.45) is 8.19. The van der Waals surface area contributed by atoms with Gasteiger partial charge < -0.3 is 14.0 Å². The molecule has 2 atom stereocenters. The van der Waals surface area contributed by atoms with Crippen LogP contribution < -0.4 is 9.47 Å². The number of methoxy groups -OCH3 is 2. The van der Waals surface area contributed by atoms with Gasteiger partial charge in [-0.15, -0.1) is 0 Å². The van der Waals surface area contributed by atoms with E-state index in [1.54, 1.807) is 14.2 Å². The minimum atomic E-state index is -3.40. The molecule has 170 valence electrons. The second-order valence-electron chi connectivity index (χ2n) is 7.81. The fraction of sp³-hybridized carbons (Fsp3) is 0.636. The number of likely N-dealkylation sites (tertiary alicyclic amines) is 1. The number of ether oxygens (including phenoxy) is 2. The first-order chi connectivity index (χ1) is 14.5. The van der Waals surface area contributed by atoms with Gasteiger partial charge in [0.1, 0.15) is 5.76 Å². The Bertz CT molecular complexity index is 726. The number of hydrogen-bond donors (Lipinski definition) is 0. The second-order valence-corrected chi connectivity index (χ2v) is 9.41. The molecule has 2 unspecified atom stereocenters. The lowest BCUT2D eigenvalue weighted by Crippen LogP contribution is -2.30. The van der Waals surface area contributed by atoms with Crippen molar-refractivity contribution in [2.75, 3.05) is 41.0 Å². The molecule has 0 radical (unpaired) electrons. The molecule has 0 aromatic heterocycles. The fourth-order valence-corrected chi connectivity index (χ4v) is 5.38. The maximum atomic E-state index is 12.5. The molecule has 2 aliphatic heterocycles. The van der Waals surface area contributed by atoms with E-state index in [1.807, 2.05) is 24.3 Å². The number of para-hydroxylation sites is 2. The molecule has 7 nitrogen and oxygen atoms in total. The zero-order valence-corrected chi connectivity index (χ0v) is 19.1. The van der Waals surface area contributed by atoms with Crippen LogP contribution in [0.2, 0.25) is 0 Å². The Morgan fingerprint density at radius 3 is 2.27 bits per heavy atom. The molecule has 1 aromatic carbocycles. The third-order valence-corrected chi connectivity index (χ3v) is 7.22. The van der Waals surface area contributed by atoms with E-state index in [9.17, 15) is 4.57 Å². The highest BCUT2D eigenvalue weighted by Crippen LogP contribution is 2.53. The Hall–Kier alpha value is -1.53. The van der Waals surface area contributed by atoms with Gasteiger partial charge in [0.2, 0.25) is 0 Å². The summed E-state index contributed by atoms with van der Waals surface area (Å²) in [6.45, 7) is 2.04. The number of fused-ring (bicyclic) bond motifs is 1. The molecule has 30 heavy (non-hydrogen) atoms. The van der Waals surface area contributed by atoms with Crippen LogP contribution in [0.1, 0.15) is 40.0 Å². The van der Waals surface area contributed by atoms with Crippen LogP contribution in [0, 0.1) is 5.92 Å². The highest BCUT2D eigenvalue weighted by molar-refractivity contribution is 7.48. The molecule has 1 aliphatic carbocycles. The highest BCUT2D eigenvalue weighted by atomic mass is 31.2. The first-order valence-electron chi connectivity index (χ1n) is 10.7. The lowest BCUT2D eigenvalue weighted by Gasteiger charge is -2.29. The Labute approximate surface area is 181 Å². The third-order valence-electron chi connectivity index (χ3n) is 5.77. The lowest BCUT2D eigenvalue weighted by molar-refractivity contribution is 0.113. The van der Waals surface area contributed by atoms with E-state index in [-0.39, 0.29) is 1.43 Å². The van der Waals surface area contributed by atoms with E-state index in [0.717, 1.165) is 55.9 Å². The molecule has 1 aromatic rings. The maximum Gasteiger partial charge on any atom is 0.529 e. The summed E-state index contributed by atoms with van der Waals surface area (Å²) in [5, 5.41) is 0. The molecule has 0 bridgehead atoms. The Morgan fingerprint density at radius 1 is 1.03 bits per heavy atom. The van der Waals surface area contributed by atoms with Crippen molar-refractivity contribution in [1.29, 1.82) is 0 Å². The molecule has 2 saturated heterocycles. The number of phosphoric ester groups is 1. The summed E-state index contributed by atoms with van der Waals surface area (Å²) < 4.78 is 38.9. The molecule has 3 aliphatic rings. The van der Waals surface area contributed by atoms with Crippen molar-refractivity contribution in [3.63, 3.8) is 0 Å². The smallest absolute Gasteiger partial charge is 0.493 e. The van der Waals surface area contributed by atoms with E-state index in [2.05, 4.69) is 18.0 Å². The molecular weight excluding hydrogens is 405 g/mol. The number of rotatable bonds is 4. The summed E-state index contributed by atoms with van der Waals surface area (Å²) in [4.78, 5) is 2.34. The van der Waals surface area contributed by atoms with Crippen LogP contribution in [0.4, 0.5) is 0 Å². The Morgan fingerprint density at radius 2 is 1.67 bits per heavy atom. The Balaban J connectivity index is 0.000000264. The van der Waals surface area contributed by atoms with Crippen LogP contribution in [0.5, 0.6) is 11.5 Å². The molecule has 2 heterocycles. The number of benzene rings is 1. The van der Waals surface area contributed by atoms with Crippen molar-refractivity contribution in [2.24, 2.45) is 5.92 Å². The summed E-state index contributed by atoms with van der Waals surface area (Å²) in [7, 11) is 1.98. The van der Waals surface area contributed by atoms with Crippen LogP contribution in [0.25, 0.3) is 0 Å². The van der Waals surface area contributed by atoms with Gasteiger partial charge in [-0.05, 0) is 69.8 Å². The van der Waals surface area contributed by atoms with Crippen molar-refractivity contribution in [1.82, 2.24) is 4.90 Å². The zero-order valence-electron chi connectivity index (χ0n) is 18.2. The van der Waals surface area contributed by atoms with Crippen LogP contribution >= 0.6 is 7.82 Å². The molecular formula is C22H36NO6P. The highest BCUT2D eigenvalue weighted by Gasteiger charge is 2.37. The van der Waals surface area contributed by atoms with E-state index in [1.165, 1.54) is 6.42 Å². The van der Waals surface area contributed by atoms with E-state index >= 15 is 0 Å². The van der Waals surface area contributed by atoms with Gasteiger partial charge in [0, 0.05) is 13.9 Å². The van der Waals surface area contributed by atoms with E-state index < -0.39 is 7.82 Å². The molecule has 0 spiro atoms.